The average Bonchev–Trinajstić information content (AvgIpc) is 2.86. The van der Waals surface area contributed by atoms with Crippen LogP contribution < -0.4 is 0 Å². The predicted octanol–water partition coefficient (Wildman–Crippen LogP) is 5.04. The van der Waals surface area contributed by atoms with Gasteiger partial charge in [-0.2, -0.15) is 8.42 Å². The third-order valence-electron chi connectivity index (χ3n) is 4.40. The van der Waals surface area contributed by atoms with Crippen molar-refractivity contribution in [1.29, 1.82) is 0 Å². The van der Waals surface area contributed by atoms with Crippen molar-refractivity contribution in [2.45, 2.75) is 32.1 Å². The quantitative estimate of drug-likeness (QED) is 0.595. The highest BCUT2D eigenvalue weighted by Crippen LogP contribution is 2.29. The minimum absolute atomic E-state index is 0.275. The Hall–Kier alpha value is -1.60. The van der Waals surface area contributed by atoms with Crippen LogP contribution in [0.4, 0.5) is 0 Å². The van der Waals surface area contributed by atoms with Crippen LogP contribution in [-0.2, 0) is 16.7 Å². The van der Waals surface area contributed by atoms with Crippen LogP contribution in [0.3, 0.4) is 0 Å². The Bertz CT molecular complexity index is 1080. The number of halogens is 2. The molecule has 1 N–H and O–H groups in total. The summed E-state index contributed by atoms with van der Waals surface area (Å²) < 4.78 is 34.8. The Kier molecular flexibility index (Phi) is 5.30. The Labute approximate surface area is 162 Å². The van der Waals surface area contributed by atoms with E-state index < -0.39 is 15.4 Å². The van der Waals surface area contributed by atoms with Gasteiger partial charge in [-0.25, -0.2) is 4.98 Å². The van der Waals surface area contributed by atoms with Gasteiger partial charge >= 0.3 is 0 Å². The third-order valence-corrected chi connectivity index (χ3v) is 6.33. The highest BCUT2D eigenvalue weighted by molar-refractivity contribution is 7.86. The molecule has 26 heavy (non-hydrogen) atoms. The number of benzene rings is 2. The zero-order valence-electron chi connectivity index (χ0n) is 14.3. The largest absolute Gasteiger partial charge is 0.324 e. The van der Waals surface area contributed by atoms with Crippen LogP contribution in [0, 0.1) is 6.92 Å². The van der Waals surface area contributed by atoms with E-state index in [1.54, 1.807) is 43.3 Å². The van der Waals surface area contributed by atoms with Crippen molar-refractivity contribution in [2.24, 2.45) is 0 Å². The summed E-state index contributed by atoms with van der Waals surface area (Å²) in [5.41, 5.74) is 2.89. The molecule has 0 aliphatic carbocycles. The van der Waals surface area contributed by atoms with E-state index >= 15 is 0 Å². The van der Waals surface area contributed by atoms with E-state index in [9.17, 15) is 13.0 Å². The van der Waals surface area contributed by atoms with Gasteiger partial charge in [-0.1, -0.05) is 36.2 Å². The van der Waals surface area contributed by atoms with Crippen LogP contribution >= 0.6 is 23.2 Å². The summed E-state index contributed by atoms with van der Waals surface area (Å²) >= 11 is 12.3. The summed E-state index contributed by atoms with van der Waals surface area (Å²) in [4.78, 5) is 4.52. The van der Waals surface area contributed by atoms with E-state index in [0.29, 0.717) is 22.2 Å². The SMILES string of the molecule is CCC(c1ccc2nc(C)n(Cc3cc(Cl)ccc3Cl)c2c1)S(=O)(=O)O. The molecule has 0 saturated carbocycles. The maximum Gasteiger partial charge on any atom is 0.271 e. The number of aromatic nitrogens is 2. The first kappa shape index (κ1) is 19.2. The van der Waals surface area contributed by atoms with Gasteiger partial charge in [0.2, 0.25) is 0 Å². The highest BCUT2D eigenvalue weighted by atomic mass is 35.5. The minimum atomic E-state index is -4.18. The molecule has 1 heterocycles. The molecule has 1 unspecified atom stereocenters. The van der Waals surface area contributed by atoms with Crippen LogP contribution in [0.2, 0.25) is 10.0 Å². The van der Waals surface area contributed by atoms with E-state index in [0.717, 1.165) is 22.4 Å². The molecular formula is C18H18Cl2N2O3S. The lowest BCUT2D eigenvalue weighted by Gasteiger charge is -2.13. The van der Waals surface area contributed by atoms with E-state index in [-0.39, 0.29) is 6.42 Å². The summed E-state index contributed by atoms with van der Waals surface area (Å²) in [5, 5.41) is 0.214. The first-order chi connectivity index (χ1) is 12.2. The van der Waals surface area contributed by atoms with Crippen LogP contribution in [0.15, 0.2) is 36.4 Å². The van der Waals surface area contributed by atoms with Crippen molar-refractivity contribution in [3.63, 3.8) is 0 Å². The Morgan fingerprint density at radius 1 is 1.19 bits per heavy atom. The first-order valence-electron chi connectivity index (χ1n) is 8.07. The molecule has 1 aromatic heterocycles. The van der Waals surface area contributed by atoms with Crippen molar-refractivity contribution in [3.8, 4) is 0 Å². The second kappa shape index (κ2) is 7.19. The maximum atomic E-state index is 11.7. The van der Waals surface area contributed by atoms with Crippen molar-refractivity contribution in [2.75, 3.05) is 0 Å². The summed E-state index contributed by atoms with van der Waals surface area (Å²) in [6.07, 6.45) is 0.275. The lowest BCUT2D eigenvalue weighted by molar-refractivity contribution is 0.466. The highest BCUT2D eigenvalue weighted by Gasteiger charge is 2.24. The van der Waals surface area contributed by atoms with Gasteiger partial charge in [0.15, 0.2) is 0 Å². The third kappa shape index (κ3) is 3.74. The smallest absolute Gasteiger partial charge is 0.271 e. The lowest BCUT2D eigenvalue weighted by Crippen LogP contribution is -2.11. The summed E-state index contributed by atoms with van der Waals surface area (Å²) in [6, 6.07) is 10.5. The summed E-state index contributed by atoms with van der Waals surface area (Å²) in [6.45, 7) is 4.04. The molecule has 0 aliphatic heterocycles. The number of imidazole rings is 1. The second-order valence-corrected chi connectivity index (χ2v) is 8.58. The molecule has 0 bridgehead atoms. The molecule has 2 aromatic carbocycles. The van der Waals surface area contributed by atoms with Crippen LogP contribution in [0.5, 0.6) is 0 Å². The normalized spacial score (nSPS) is 13.3. The van der Waals surface area contributed by atoms with E-state index in [1.807, 2.05) is 11.5 Å². The van der Waals surface area contributed by atoms with Crippen LogP contribution in [-0.4, -0.2) is 22.5 Å². The average molecular weight is 413 g/mol. The van der Waals surface area contributed by atoms with Gasteiger partial charge in [-0.05, 0) is 54.8 Å². The van der Waals surface area contributed by atoms with Crippen molar-refractivity contribution in [1.82, 2.24) is 9.55 Å². The molecule has 0 saturated heterocycles. The van der Waals surface area contributed by atoms with Crippen LogP contribution in [0.25, 0.3) is 11.0 Å². The molecular weight excluding hydrogens is 395 g/mol. The molecule has 0 amide bonds. The zero-order valence-corrected chi connectivity index (χ0v) is 16.6. The Morgan fingerprint density at radius 2 is 1.92 bits per heavy atom. The summed E-state index contributed by atoms with van der Waals surface area (Å²) in [7, 11) is -4.18. The fourth-order valence-corrected chi connectivity index (χ4v) is 4.40. The van der Waals surface area contributed by atoms with Crippen molar-refractivity contribution in [3.05, 3.63) is 63.4 Å². The van der Waals surface area contributed by atoms with Gasteiger partial charge in [0, 0.05) is 10.0 Å². The topological polar surface area (TPSA) is 72.2 Å². The first-order valence-corrected chi connectivity index (χ1v) is 10.3. The number of fused-ring (bicyclic) bond motifs is 1. The number of rotatable bonds is 5. The molecule has 0 radical (unpaired) electrons. The molecule has 0 aliphatic rings. The standard InChI is InChI=1S/C18H18Cl2N2O3S/c1-3-18(26(23,24)25)12-4-7-16-17(9-12)22(11(2)21-16)10-13-8-14(19)5-6-15(13)20/h4-9,18H,3,10H2,1-2H3,(H,23,24,25). The molecule has 0 spiro atoms. The zero-order chi connectivity index (χ0) is 19.1. The van der Waals surface area contributed by atoms with Crippen molar-refractivity contribution < 1.29 is 13.0 Å². The van der Waals surface area contributed by atoms with Gasteiger partial charge in [-0.3, -0.25) is 4.55 Å². The second-order valence-electron chi connectivity index (χ2n) is 6.14. The molecule has 5 nitrogen and oxygen atoms in total. The predicted molar refractivity (Wildman–Crippen MR) is 105 cm³/mol. The monoisotopic (exact) mass is 412 g/mol. The number of nitrogens with zero attached hydrogens (tertiary/aromatic N) is 2. The fourth-order valence-electron chi connectivity index (χ4n) is 3.11. The fraction of sp³-hybridized carbons (Fsp3) is 0.278. The molecule has 138 valence electrons. The maximum absolute atomic E-state index is 11.7. The number of aryl methyl sites for hydroxylation is 1. The molecule has 3 aromatic rings. The molecule has 3 rings (SSSR count). The Morgan fingerprint density at radius 3 is 2.58 bits per heavy atom. The van der Waals surface area contributed by atoms with Gasteiger partial charge in [0.1, 0.15) is 11.1 Å². The van der Waals surface area contributed by atoms with Gasteiger partial charge in [-0.15, -0.1) is 0 Å². The lowest BCUT2D eigenvalue weighted by atomic mass is 10.1. The minimum Gasteiger partial charge on any atom is -0.324 e. The van der Waals surface area contributed by atoms with Crippen molar-refractivity contribution >= 4 is 44.4 Å². The molecule has 1 atom stereocenters. The Balaban J connectivity index is 2.12. The number of hydrogen-bond acceptors (Lipinski definition) is 3. The van der Waals surface area contributed by atoms with Crippen LogP contribution in [0.1, 0.15) is 35.5 Å². The summed E-state index contributed by atoms with van der Waals surface area (Å²) in [5.74, 6) is 0.771. The van der Waals surface area contributed by atoms with E-state index in [4.69, 9.17) is 23.2 Å². The van der Waals surface area contributed by atoms with Gasteiger partial charge < -0.3 is 4.57 Å². The molecule has 0 fully saturated rings. The van der Waals surface area contributed by atoms with Gasteiger partial charge in [0.25, 0.3) is 10.1 Å². The van der Waals surface area contributed by atoms with E-state index in [2.05, 4.69) is 4.98 Å². The molecule has 8 heteroatoms. The van der Waals surface area contributed by atoms with E-state index in [1.165, 1.54) is 0 Å². The van der Waals surface area contributed by atoms with Gasteiger partial charge in [0.05, 0.1) is 17.6 Å². The number of hydrogen-bond donors (Lipinski definition) is 1.